The van der Waals surface area contributed by atoms with Crippen molar-refractivity contribution in [2.75, 3.05) is 13.2 Å². The van der Waals surface area contributed by atoms with Gasteiger partial charge in [0, 0.05) is 19.3 Å². The Morgan fingerprint density at radius 3 is 0.753 bits per heavy atom. The molecule has 0 bridgehead atoms. The lowest BCUT2D eigenvalue weighted by atomic mass is 10.1. The SMILES string of the molecule is CC/C=C\C/C=C\C/C=C\C/C=C\C/C=C\C/C=C\CCCCCCCCCCC(=O)OCC(COC(=O)CCCCCCC/C=C\C/C=C\CCC)OC(=O)CCCCCCCCC/C=C\C/C=C\C/C=C\C/C=C\C/C=C\CC. The largest absolute Gasteiger partial charge is 0.462 e. The maximum absolute atomic E-state index is 12.9. The Kier molecular flexibility index (Phi) is 63.4. The highest BCUT2D eigenvalue weighted by Gasteiger charge is 2.19. The molecule has 0 aromatic rings. The summed E-state index contributed by atoms with van der Waals surface area (Å²) < 4.78 is 16.9. The lowest BCUT2D eigenvalue weighted by molar-refractivity contribution is -0.167. The zero-order chi connectivity index (χ0) is 58.5. The van der Waals surface area contributed by atoms with E-state index in [0.717, 1.165) is 180 Å². The number of hydrogen-bond acceptors (Lipinski definition) is 6. The van der Waals surface area contributed by atoms with Crippen LogP contribution in [0.3, 0.4) is 0 Å². The number of hydrogen-bond donors (Lipinski definition) is 0. The smallest absolute Gasteiger partial charge is 0.306 e. The average molecular weight is 1120 g/mol. The highest BCUT2D eigenvalue weighted by Crippen LogP contribution is 2.15. The molecule has 0 spiro atoms. The quantitative estimate of drug-likeness (QED) is 0.0261. The Morgan fingerprint density at radius 2 is 0.481 bits per heavy atom. The van der Waals surface area contributed by atoms with Gasteiger partial charge in [0.1, 0.15) is 13.2 Å². The van der Waals surface area contributed by atoms with Gasteiger partial charge >= 0.3 is 17.9 Å². The topological polar surface area (TPSA) is 78.9 Å². The minimum atomic E-state index is -0.803. The molecule has 0 amide bonds. The number of carbonyl (C=O) groups is 3. The van der Waals surface area contributed by atoms with E-state index >= 15 is 0 Å². The molecule has 0 aromatic carbocycles. The van der Waals surface area contributed by atoms with Crippen molar-refractivity contribution in [3.8, 4) is 0 Å². The second-order valence-corrected chi connectivity index (χ2v) is 21.3. The van der Waals surface area contributed by atoms with Crippen LogP contribution in [-0.4, -0.2) is 37.2 Å². The molecule has 0 aliphatic heterocycles. The van der Waals surface area contributed by atoms with E-state index in [0.29, 0.717) is 19.3 Å². The summed E-state index contributed by atoms with van der Waals surface area (Å²) in [6.07, 6.45) is 98.2. The molecule has 0 aliphatic rings. The second kappa shape index (κ2) is 67.5. The molecule has 0 aromatic heterocycles. The van der Waals surface area contributed by atoms with Gasteiger partial charge in [-0.25, -0.2) is 0 Å². The first-order chi connectivity index (χ1) is 40.0. The molecular weight excluding hydrogens is 997 g/mol. The third kappa shape index (κ3) is 65.7. The van der Waals surface area contributed by atoms with Crippen molar-refractivity contribution < 1.29 is 28.6 Å². The molecule has 0 aliphatic carbocycles. The molecule has 0 saturated carbocycles. The fraction of sp³-hybridized carbons (Fsp3) is 0.613. The van der Waals surface area contributed by atoms with Gasteiger partial charge in [-0.15, -0.1) is 0 Å². The molecule has 1 unspecified atom stereocenters. The van der Waals surface area contributed by atoms with Gasteiger partial charge < -0.3 is 14.2 Å². The third-order valence-corrected chi connectivity index (χ3v) is 13.5. The molecule has 0 fully saturated rings. The number of carbonyl (C=O) groups excluding carboxylic acids is 3. The van der Waals surface area contributed by atoms with Crippen LogP contribution in [0.4, 0.5) is 0 Å². The van der Waals surface area contributed by atoms with Crippen molar-refractivity contribution >= 4 is 17.9 Å². The van der Waals surface area contributed by atoms with E-state index < -0.39 is 6.10 Å². The van der Waals surface area contributed by atoms with E-state index in [-0.39, 0.29) is 31.1 Å². The normalized spacial score (nSPS) is 13.2. The van der Waals surface area contributed by atoms with Gasteiger partial charge in [-0.05, 0) is 141 Å². The van der Waals surface area contributed by atoms with Gasteiger partial charge in [-0.2, -0.15) is 0 Å². The van der Waals surface area contributed by atoms with Gasteiger partial charge in [-0.1, -0.05) is 275 Å². The van der Waals surface area contributed by atoms with E-state index in [2.05, 4.69) is 179 Å². The average Bonchev–Trinajstić information content (AvgIpc) is 3.46. The second-order valence-electron chi connectivity index (χ2n) is 21.3. The Balaban J connectivity index is 4.40. The van der Waals surface area contributed by atoms with Crippen LogP contribution in [0.2, 0.25) is 0 Å². The number of allylic oxidation sites excluding steroid dienone is 26. The first kappa shape index (κ1) is 76.0. The van der Waals surface area contributed by atoms with Crippen molar-refractivity contribution in [2.24, 2.45) is 0 Å². The molecule has 81 heavy (non-hydrogen) atoms. The van der Waals surface area contributed by atoms with Gasteiger partial charge in [0.2, 0.25) is 0 Å². The number of ether oxygens (including phenoxy) is 3. The molecule has 0 N–H and O–H groups in total. The van der Waals surface area contributed by atoms with E-state index in [1.165, 1.54) is 57.8 Å². The van der Waals surface area contributed by atoms with Crippen LogP contribution in [0.5, 0.6) is 0 Å². The minimum absolute atomic E-state index is 0.0977. The van der Waals surface area contributed by atoms with Crippen molar-refractivity contribution in [1.29, 1.82) is 0 Å². The van der Waals surface area contributed by atoms with Crippen molar-refractivity contribution in [2.45, 2.75) is 284 Å². The highest BCUT2D eigenvalue weighted by molar-refractivity contribution is 5.71. The van der Waals surface area contributed by atoms with Crippen LogP contribution >= 0.6 is 0 Å². The van der Waals surface area contributed by atoms with Crippen molar-refractivity contribution in [3.05, 3.63) is 158 Å². The fourth-order valence-electron chi connectivity index (χ4n) is 8.63. The third-order valence-electron chi connectivity index (χ3n) is 13.5. The molecule has 0 saturated heterocycles. The maximum atomic E-state index is 12.9. The van der Waals surface area contributed by atoms with Crippen molar-refractivity contribution in [1.82, 2.24) is 0 Å². The Labute approximate surface area is 499 Å². The molecule has 1 atom stereocenters. The summed E-state index contributed by atoms with van der Waals surface area (Å²) in [7, 11) is 0. The predicted octanol–water partition coefficient (Wildman–Crippen LogP) is 22.9. The van der Waals surface area contributed by atoms with Crippen LogP contribution in [0.15, 0.2) is 158 Å². The summed E-state index contributed by atoms with van der Waals surface area (Å²) in [5.41, 5.74) is 0. The molecule has 456 valence electrons. The lowest BCUT2D eigenvalue weighted by Crippen LogP contribution is -2.30. The summed E-state index contributed by atoms with van der Waals surface area (Å²) in [6, 6.07) is 0. The number of unbranched alkanes of at least 4 members (excludes halogenated alkanes) is 21. The molecule has 0 radical (unpaired) electrons. The summed E-state index contributed by atoms with van der Waals surface area (Å²) in [5.74, 6) is -0.932. The summed E-state index contributed by atoms with van der Waals surface area (Å²) in [4.78, 5) is 38.4. The van der Waals surface area contributed by atoms with Gasteiger partial charge in [0.05, 0.1) is 0 Å². The first-order valence-corrected chi connectivity index (χ1v) is 33.0. The maximum Gasteiger partial charge on any atom is 0.306 e. The Hall–Kier alpha value is -4.97. The fourth-order valence-corrected chi connectivity index (χ4v) is 8.63. The summed E-state index contributed by atoms with van der Waals surface area (Å²) in [5, 5.41) is 0. The lowest BCUT2D eigenvalue weighted by Gasteiger charge is -2.18. The Morgan fingerprint density at radius 1 is 0.259 bits per heavy atom. The Bertz CT molecular complexity index is 1810. The summed E-state index contributed by atoms with van der Waals surface area (Å²) in [6.45, 7) is 6.32. The van der Waals surface area contributed by atoms with Crippen molar-refractivity contribution in [3.63, 3.8) is 0 Å². The standard InChI is InChI=1S/C75H120O6/c1-4-7-10-13-16-19-22-25-27-29-31-33-35-36-37-38-40-41-43-45-47-50-53-56-59-62-65-68-74(77)80-71-72(70-79-73(76)67-64-61-58-55-52-49-24-21-18-15-12-9-6-3)81-75(78)69-66-63-60-57-54-51-48-46-44-42-39-34-32-30-28-26-23-20-17-14-11-8-5-2/h7-8,10-12,15-17,19-21,24-28,31-34,36-37,40-42,44,72H,4-6,9,13-14,18,22-23,29-30,35,38-39,43,45-71H2,1-3H3/b10-7-,11-8-,15-12-,19-16-,20-17-,24-21-,27-25-,28-26-,33-31-,34-32-,37-36-,41-40-,44-42-. The molecule has 0 rings (SSSR count). The highest BCUT2D eigenvalue weighted by atomic mass is 16.6. The van der Waals surface area contributed by atoms with Crippen LogP contribution < -0.4 is 0 Å². The van der Waals surface area contributed by atoms with Crippen LogP contribution in [-0.2, 0) is 28.6 Å². The van der Waals surface area contributed by atoms with Crippen LogP contribution in [0, 0.1) is 0 Å². The van der Waals surface area contributed by atoms with E-state index in [4.69, 9.17) is 14.2 Å². The van der Waals surface area contributed by atoms with Gasteiger partial charge in [0.15, 0.2) is 6.10 Å². The molecule has 0 heterocycles. The van der Waals surface area contributed by atoms with E-state index in [1.807, 2.05) is 0 Å². The number of esters is 3. The monoisotopic (exact) mass is 1120 g/mol. The first-order valence-electron chi connectivity index (χ1n) is 33.0. The molecular formula is C75H120O6. The van der Waals surface area contributed by atoms with Crippen LogP contribution in [0.1, 0.15) is 278 Å². The summed E-state index contributed by atoms with van der Waals surface area (Å²) >= 11 is 0. The predicted molar refractivity (Wildman–Crippen MR) is 352 cm³/mol. The molecule has 6 heteroatoms. The minimum Gasteiger partial charge on any atom is -0.462 e. The van der Waals surface area contributed by atoms with E-state index in [9.17, 15) is 14.4 Å². The van der Waals surface area contributed by atoms with Gasteiger partial charge in [0.25, 0.3) is 0 Å². The number of rotatable bonds is 58. The zero-order valence-electron chi connectivity index (χ0n) is 52.2. The van der Waals surface area contributed by atoms with Crippen LogP contribution in [0.25, 0.3) is 0 Å². The van der Waals surface area contributed by atoms with E-state index in [1.54, 1.807) is 0 Å². The van der Waals surface area contributed by atoms with Gasteiger partial charge in [-0.3, -0.25) is 14.4 Å². The zero-order valence-corrected chi connectivity index (χ0v) is 52.2. The molecule has 6 nitrogen and oxygen atoms in total.